The van der Waals surface area contributed by atoms with Crippen LogP contribution < -0.4 is 9.46 Å². The average Bonchev–Trinajstić information content (AvgIpc) is 3.19. The Morgan fingerprint density at radius 3 is 2.57 bits per heavy atom. The van der Waals surface area contributed by atoms with Gasteiger partial charge in [-0.25, -0.2) is 22.3 Å². The van der Waals surface area contributed by atoms with Crippen LogP contribution in [0.1, 0.15) is 15.2 Å². The van der Waals surface area contributed by atoms with Crippen LogP contribution in [0.5, 0.6) is 11.5 Å². The van der Waals surface area contributed by atoms with Gasteiger partial charge in [-0.1, -0.05) is 12.1 Å². The van der Waals surface area contributed by atoms with Crippen molar-refractivity contribution in [3.63, 3.8) is 0 Å². The summed E-state index contributed by atoms with van der Waals surface area (Å²) in [6.45, 7) is -0.000585. The minimum atomic E-state index is -3.90. The zero-order valence-corrected chi connectivity index (χ0v) is 16.3. The molecule has 146 valence electrons. The molecule has 0 fully saturated rings. The molecule has 1 heterocycles. The van der Waals surface area contributed by atoms with Crippen LogP contribution in [0.4, 0.5) is 4.39 Å². The number of sulfonamides is 1. The maximum absolute atomic E-state index is 13.0. The molecule has 9 heteroatoms. The van der Waals surface area contributed by atoms with Crippen LogP contribution in [-0.2, 0) is 21.3 Å². The molecule has 0 amide bonds. The Bertz CT molecular complexity index is 1080. The normalized spacial score (nSPS) is 11.2. The van der Waals surface area contributed by atoms with Crippen molar-refractivity contribution in [2.24, 2.45) is 0 Å². The number of rotatable bonds is 7. The van der Waals surface area contributed by atoms with Gasteiger partial charge >= 0.3 is 5.97 Å². The molecule has 0 saturated heterocycles. The minimum absolute atomic E-state index is 0.000585. The Balaban J connectivity index is 1.71. The van der Waals surface area contributed by atoms with Gasteiger partial charge < -0.3 is 9.47 Å². The Kier molecular flexibility index (Phi) is 6.08. The van der Waals surface area contributed by atoms with Gasteiger partial charge in [-0.2, -0.15) is 0 Å². The summed E-state index contributed by atoms with van der Waals surface area (Å²) in [5, 5.41) is 1.51. The van der Waals surface area contributed by atoms with Gasteiger partial charge in [0.25, 0.3) is 0 Å². The zero-order valence-electron chi connectivity index (χ0n) is 14.7. The zero-order chi connectivity index (χ0) is 20.1. The van der Waals surface area contributed by atoms with Crippen LogP contribution in [0.3, 0.4) is 0 Å². The molecule has 0 bridgehead atoms. The van der Waals surface area contributed by atoms with Gasteiger partial charge in [-0.05, 0) is 53.4 Å². The summed E-state index contributed by atoms with van der Waals surface area (Å²) in [5.74, 6) is -0.130. The quantitative estimate of drug-likeness (QED) is 0.585. The maximum atomic E-state index is 13.0. The number of benzene rings is 2. The van der Waals surface area contributed by atoms with Crippen LogP contribution in [-0.4, -0.2) is 21.5 Å². The lowest BCUT2D eigenvalue weighted by atomic mass is 10.2. The minimum Gasteiger partial charge on any atom is -0.465 e. The van der Waals surface area contributed by atoms with E-state index in [9.17, 15) is 17.6 Å². The Hall–Kier alpha value is -2.75. The number of nitrogens with one attached hydrogen (secondary N) is 1. The first kappa shape index (κ1) is 20.0. The predicted molar refractivity (Wildman–Crippen MR) is 103 cm³/mol. The summed E-state index contributed by atoms with van der Waals surface area (Å²) in [5.41, 5.74) is 0.651. The van der Waals surface area contributed by atoms with Gasteiger partial charge in [0.05, 0.1) is 7.11 Å². The monoisotopic (exact) mass is 421 g/mol. The molecule has 3 rings (SSSR count). The van der Waals surface area contributed by atoms with Gasteiger partial charge in [-0.3, -0.25) is 0 Å². The molecule has 0 aliphatic heterocycles. The van der Waals surface area contributed by atoms with E-state index >= 15 is 0 Å². The number of esters is 1. The highest BCUT2D eigenvalue weighted by Crippen LogP contribution is 2.24. The molecule has 1 N–H and O–H groups in total. The molecule has 2 aromatic carbocycles. The van der Waals surface area contributed by atoms with E-state index in [0.29, 0.717) is 17.1 Å². The smallest absolute Gasteiger partial charge is 0.349 e. The summed E-state index contributed by atoms with van der Waals surface area (Å²) in [6.07, 6.45) is 0. The summed E-state index contributed by atoms with van der Waals surface area (Å²) >= 11 is 0.995. The van der Waals surface area contributed by atoms with Crippen molar-refractivity contribution in [2.75, 3.05) is 7.11 Å². The number of ether oxygens (including phenoxy) is 2. The van der Waals surface area contributed by atoms with Gasteiger partial charge in [0.2, 0.25) is 10.0 Å². The summed E-state index contributed by atoms with van der Waals surface area (Å²) < 4.78 is 50.8. The third kappa shape index (κ3) is 4.75. The van der Waals surface area contributed by atoms with E-state index in [-0.39, 0.29) is 22.1 Å². The van der Waals surface area contributed by atoms with Crippen molar-refractivity contribution in [3.8, 4) is 11.5 Å². The van der Waals surface area contributed by atoms with Gasteiger partial charge in [0, 0.05) is 6.54 Å². The Morgan fingerprint density at radius 1 is 1.11 bits per heavy atom. The van der Waals surface area contributed by atoms with E-state index < -0.39 is 16.0 Å². The number of hydrogen-bond donors (Lipinski definition) is 1. The molecule has 3 aromatic rings. The topological polar surface area (TPSA) is 81.7 Å². The fraction of sp³-hybridized carbons (Fsp3) is 0.105. The molecule has 0 aliphatic carbocycles. The first-order valence-corrected chi connectivity index (χ1v) is 10.4. The SMILES string of the molecule is COC(=O)c1sccc1S(=O)(=O)NCc1cccc(Oc2ccc(F)cc2)c1. The lowest BCUT2D eigenvalue weighted by Gasteiger charge is -2.09. The Labute approximate surface area is 165 Å². The van der Waals surface area contributed by atoms with Crippen LogP contribution in [0.2, 0.25) is 0 Å². The standard InChI is InChI=1S/C19H16FNO5S2/c1-25-19(22)18-17(9-10-27-18)28(23,24)21-12-13-3-2-4-16(11-13)26-15-7-5-14(20)6-8-15/h2-11,21H,12H2,1H3. The summed E-state index contributed by atoms with van der Waals surface area (Å²) in [7, 11) is -2.71. The molecular weight excluding hydrogens is 405 g/mol. The van der Waals surface area contributed by atoms with Crippen molar-refractivity contribution in [2.45, 2.75) is 11.4 Å². The number of halogens is 1. The number of carbonyl (C=O) groups excluding carboxylic acids is 1. The second-order valence-corrected chi connectivity index (χ2v) is 8.28. The molecule has 6 nitrogen and oxygen atoms in total. The number of carbonyl (C=O) groups is 1. The fourth-order valence-corrected chi connectivity index (χ4v) is 4.71. The third-order valence-electron chi connectivity index (χ3n) is 3.70. The Morgan fingerprint density at radius 2 is 1.86 bits per heavy atom. The fourth-order valence-electron chi connectivity index (χ4n) is 2.36. The highest BCUT2D eigenvalue weighted by atomic mass is 32.2. The van der Waals surface area contributed by atoms with E-state index in [2.05, 4.69) is 9.46 Å². The van der Waals surface area contributed by atoms with Crippen LogP contribution in [0.15, 0.2) is 64.9 Å². The largest absolute Gasteiger partial charge is 0.465 e. The van der Waals surface area contributed by atoms with Crippen molar-refractivity contribution in [1.82, 2.24) is 4.72 Å². The van der Waals surface area contributed by atoms with E-state index in [1.807, 2.05) is 0 Å². The van der Waals surface area contributed by atoms with Crippen LogP contribution >= 0.6 is 11.3 Å². The van der Waals surface area contributed by atoms with E-state index in [4.69, 9.17) is 4.74 Å². The van der Waals surface area contributed by atoms with E-state index in [0.717, 1.165) is 11.3 Å². The van der Waals surface area contributed by atoms with Gasteiger partial charge in [0.15, 0.2) is 0 Å². The van der Waals surface area contributed by atoms with Gasteiger partial charge in [-0.15, -0.1) is 11.3 Å². The number of hydrogen-bond acceptors (Lipinski definition) is 6. The molecule has 0 spiro atoms. The first-order chi connectivity index (χ1) is 13.4. The van der Waals surface area contributed by atoms with Crippen molar-refractivity contribution >= 4 is 27.3 Å². The van der Waals surface area contributed by atoms with Crippen LogP contribution in [0.25, 0.3) is 0 Å². The second kappa shape index (κ2) is 8.51. The average molecular weight is 421 g/mol. The van der Waals surface area contributed by atoms with E-state index in [1.54, 1.807) is 24.3 Å². The molecule has 28 heavy (non-hydrogen) atoms. The molecule has 1 aromatic heterocycles. The number of methoxy groups -OCH3 is 1. The molecule has 0 atom stereocenters. The molecular formula is C19H16FNO5S2. The van der Waals surface area contributed by atoms with Gasteiger partial charge in [0.1, 0.15) is 27.1 Å². The maximum Gasteiger partial charge on any atom is 0.349 e. The van der Waals surface area contributed by atoms with Crippen molar-refractivity contribution < 1.29 is 27.1 Å². The summed E-state index contributed by atoms with van der Waals surface area (Å²) in [6, 6.07) is 13.7. The van der Waals surface area contributed by atoms with Crippen molar-refractivity contribution in [1.29, 1.82) is 0 Å². The molecule has 0 aliphatic rings. The molecule has 0 radical (unpaired) electrons. The summed E-state index contributed by atoms with van der Waals surface area (Å²) in [4.78, 5) is 11.6. The van der Waals surface area contributed by atoms with E-state index in [1.165, 1.54) is 42.8 Å². The predicted octanol–water partition coefficient (Wildman–Crippen LogP) is 3.94. The van der Waals surface area contributed by atoms with Crippen molar-refractivity contribution in [3.05, 3.63) is 76.2 Å². The second-order valence-electron chi connectivity index (χ2n) is 5.63. The number of thiophene rings is 1. The first-order valence-electron chi connectivity index (χ1n) is 8.07. The van der Waals surface area contributed by atoms with Crippen LogP contribution in [0, 0.1) is 5.82 Å². The molecule has 0 saturated carbocycles. The highest BCUT2D eigenvalue weighted by molar-refractivity contribution is 7.89. The lowest BCUT2D eigenvalue weighted by molar-refractivity contribution is 0.0602. The molecule has 0 unspecified atom stereocenters. The highest BCUT2D eigenvalue weighted by Gasteiger charge is 2.24. The lowest BCUT2D eigenvalue weighted by Crippen LogP contribution is -2.24. The third-order valence-corrected chi connectivity index (χ3v) is 6.17.